The van der Waals surface area contributed by atoms with E-state index in [9.17, 15) is 0 Å². The Labute approximate surface area is 301 Å². The zero-order chi connectivity index (χ0) is 34.5. The van der Waals surface area contributed by atoms with Gasteiger partial charge in [-0.25, -0.2) is 0 Å². The van der Waals surface area contributed by atoms with Gasteiger partial charge in [-0.05, 0) is 56.5 Å². The van der Waals surface area contributed by atoms with Crippen molar-refractivity contribution in [1.82, 2.24) is 0 Å². The fourth-order valence-electron chi connectivity index (χ4n) is 6.88. The second-order valence-electron chi connectivity index (χ2n) is 15.6. The van der Waals surface area contributed by atoms with Gasteiger partial charge in [0, 0.05) is 17.0 Å². The highest BCUT2D eigenvalue weighted by molar-refractivity contribution is 7.19. The van der Waals surface area contributed by atoms with Crippen molar-refractivity contribution in [2.45, 2.75) is 239 Å². The first kappa shape index (κ1) is 44.7. The maximum atomic E-state index is 6.84. The molecule has 47 heavy (non-hydrogen) atoms. The van der Waals surface area contributed by atoms with Gasteiger partial charge in [0.05, 0.1) is 5.60 Å². The maximum Gasteiger partial charge on any atom is 0.341 e. The molecule has 1 rings (SSSR count). The normalized spacial score (nSPS) is 12.4. The summed E-state index contributed by atoms with van der Waals surface area (Å²) in [6, 6.07) is 2.35. The first-order valence-electron chi connectivity index (χ1n) is 21.1. The molecule has 0 saturated heterocycles. The Morgan fingerprint density at radius 2 is 0.936 bits per heavy atom. The van der Waals surface area contributed by atoms with Gasteiger partial charge in [0.25, 0.3) is 0 Å². The van der Waals surface area contributed by atoms with Gasteiger partial charge in [-0.3, -0.25) is 0 Å². The number of rotatable bonds is 35. The molecule has 0 unspecified atom stereocenters. The standard InChI is InChI=1S/C43H82BO2S/c1-8-11-13-15-17-19-21-23-25-27-29-31-33-36-43(45-10-3,40-35-38-47-41(40)44-46-42(6,7)39(4)5)37-34-32-30-28-26-24-22-20-18-16-14-12-9-2/h35,38-39H,8-34,36-37H2,1-7H3. The molecule has 0 atom stereocenters. The first-order valence-corrected chi connectivity index (χ1v) is 21.9. The van der Waals surface area contributed by atoms with Crippen molar-refractivity contribution in [3.05, 3.63) is 17.0 Å². The Hall–Kier alpha value is -0.315. The molecule has 0 amide bonds. The molecule has 0 aliphatic carbocycles. The van der Waals surface area contributed by atoms with Gasteiger partial charge in [-0.2, -0.15) is 11.3 Å². The van der Waals surface area contributed by atoms with Crippen molar-refractivity contribution in [3.63, 3.8) is 0 Å². The van der Waals surface area contributed by atoms with Crippen LogP contribution in [-0.2, 0) is 15.0 Å². The minimum atomic E-state index is -0.193. The monoisotopic (exact) mass is 674 g/mol. The van der Waals surface area contributed by atoms with Gasteiger partial charge in [0.15, 0.2) is 0 Å². The van der Waals surface area contributed by atoms with Crippen LogP contribution < -0.4 is 4.78 Å². The molecule has 2 nitrogen and oxygen atoms in total. The van der Waals surface area contributed by atoms with E-state index in [0.29, 0.717) is 5.92 Å². The van der Waals surface area contributed by atoms with Crippen LogP contribution in [0.3, 0.4) is 0 Å². The summed E-state index contributed by atoms with van der Waals surface area (Å²) in [6.07, 6.45) is 38.6. The molecule has 0 saturated carbocycles. The molecule has 1 radical (unpaired) electrons. The highest BCUT2D eigenvalue weighted by atomic mass is 32.1. The van der Waals surface area contributed by atoms with Crippen LogP contribution >= 0.6 is 11.3 Å². The predicted octanol–water partition coefficient (Wildman–Crippen LogP) is 14.6. The molecular formula is C43H82BO2S. The smallest absolute Gasteiger partial charge is 0.341 e. The van der Waals surface area contributed by atoms with Crippen LogP contribution in [0.1, 0.15) is 234 Å². The van der Waals surface area contributed by atoms with E-state index < -0.39 is 0 Å². The minimum Gasteiger partial charge on any atom is -0.428 e. The quantitative estimate of drug-likeness (QED) is 0.0527. The fraction of sp³-hybridized carbons (Fsp3) is 0.907. The lowest BCUT2D eigenvalue weighted by atomic mass is 9.78. The van der Waals surface area contributed by atoms with E-state index in [1.165, 1.54) is 177 Å². The summed E-state index contributed by atoms with van der Waals surface area (Å²) < 4.78 is 14.5. The summed E-state index contributed by atoms with van der Waals surface area (Å²) in [5.41, 5.74) is 1.00. The van der Waals surface area contributed by atoms with Crippen molar-refractivity contribution < 1.29 is 9.39 Å². The summed E-state index contributed by atoms with van der Waals surface area (Å²) in [5, 5.41) is 2.26. The Morgan fingerprint density at radius 3 is 1.28 bits per heavy atom. The van der Waals surface area contributed by atoms with Crippen molar-refractivity contribution in [3.8, 4) is 0 Å². The number of hydrogen-bond donors (Lipinski definition) is 0. The number of thiophene rings is 1. The zero-order valence-corrected chi connectivity index (χ0v) is 33.9. The Balaban J connectivity index is 2.60. The molecule has 1 heterocycles. The molecular weight excluding hydrogens is 591 g/mol. The number of ether oxygens (including phenoxy) is 1. The molecule has 0 aliphatic rings. The molecule has 0 N–H and O–H groups in total. The summed E-state index contributed by atoms with van der Waals surface area (Å²) in [7, 11) is 2.06. The molecule has 275 valence electrons. The van der Waals surface area contributed by atoms with Crippen LogP contribution in [0.2, 0.25) is 0 Å². The average Bonchev–Trinajstić information content (AvgIpc) is 3.54. The van der Waals surface area contributed by atoms with Crippen LogP contribution in [0, 0.1) is 5.92 Å². The molecule has 1 aromatic rings. The predicted molar refractivity (Wildman–Crippen MR) is 214 cm³/mol. The molecule has 0 bridgehead atoms. The van der Waals surface area contributed by atoms with Crippen molar-refractivity contribution in [2.24, 2.45) is 5.92 Å². The van der Waals surface area contributed by atoms with E-state index >= 15 is 0 Å². The van der Waals surface area contributed by atoms with Crippen molar-refractivity contribution >= 4 is 23.6 Å². The third kappa shape index (κ3) is 21.5. The fourth-order valence-corrected chi connectivity index (χ4v) is 7.71. The van der Waals surface area contributed by atoms with Gasteiger partial charge >= 0.3 is 7.48 Å². The Morgan fingerprint density at radius 1 is 0.574 bits per heavy atom. The Bertz CT molecular complexity index is 773. The molecule has 0 aromatic carbocycles. The van der Waals surface area contributed by atoms with E-state index in [1.807, 2.05) is 11.3 Å². The molecule has 1 aromatic heterocycles. The SMILES string of the molecule is CCCCCCCCCCCCCCCC(CCCCCCCCCCCCCCC)(OCC)c1ccsc1[B]OC(C)(C)C(C)C. The highest BCUT2D eigenvalue weighted by Crippen LogP contribution is 2.38. The largest absolute Gasteiger partial charge is 0.428 e. The van der Waals surface area contributed by atoms with Crippen molar-refractivity contribution in [1.29, 1.82) is 0 Å². The zero-order valence-electron chi connectivity index (χ0n) is 33.0. The lowest BCUT2D eigenvalue weighted by molar-refractivity contribution is -0.0598. The van der Waals surface area contributed by atoms with E-state index in [-0.39, 0.29) is 11.2 Å². The van der Waals surface area contributed by atoms with Gasteiger partial charge < -0.3 is 9.39 Å². The van der Waals surface area contributed by atoms with Gasteiger partial charge in [-0.15, -0.1) is 0 Å². The summed E-state index contributed by atoms with van der Waals surface area (Å²) in [4.78, 5) is 0. The van der Waals surface area contributed by atoms with Crippen LogP contribution in [-0.4, -0.2) is 19.7 Å². The third-order valence-corrected chi connectivity index (χ3v) is 11.7. The van der Waals surface area contributed by atoms with Crippen LogP contribution in [0.5, 0.6) is 0 Å². The number of hydrogen-bond acceptors (Lipinski definition) is 3. The summed E-state index contributed by atoms with van der Waals surface area (Å²) >= 11 is 1.82. The van der Waals surface area contributed by atoms with Crippen LogP contribution in [0.25, 0.3) is 0 Å². The lowest BCUT2D eigenvalue weighted by Gasteiger charge is -2.36. The number of unbranched alkanes of at least 4 members (excludes halogenated alkanes) is 24. The molecule has 4 heteroatoms. The van der Waals surface area contributed by atoms with E-state index in [2.05, 4.69) is 67.4 Å². The summed E-state index contributed by atoms with van der Waals surface area (Å²) in [6.45, 7) is 16.5. The van der Waals surface area contributed by atoms with Crippen LogP contribution in [0.15, 0.2) is 11.4 Å². The Kier molecular flexibility index (Phi) is 28.0. The van der Waals surface area contributed by atoms with E-state index in [4.69, 9.17) is 9.39 Å². The minimum absolute atomic E-state index is 0.181. The van der Waals surface area contributed by atoms with Gasteiger partial charge in [0.1, 0.15) is 0 Å². The molecule has 0 spiro atoms. The average molecular weight is 674 g/mol. The second kappa shape index (κ2) is 29.4. The maximum absolute atomic E-state index is 6.84. The second-order valence-corrected chi connectivity index (χ2v) is 16.6. The van der Waals surface area contributed by atoms with E-state index in [1.54, 1.807) is 0 Å². The van der Waals surface area contributed by atoms with Crippen LogP contribution in [0.4, 0.5) is 0 Å². The van der Waals surface area contributed by atoms with E-state index in [0.717, 1.165) is 19.4 Å². The molecule has 0 aliphatic heterocycles. The van der Waals surface area contributed by atoms with Crippen molar-refractivity contribution in [2.75, 3.05) is 6.61 Å². The third-order valence-electron chi connectivity index (χ3n) is 10.8. The topological polar surface area (TPSA) is 18.5 Å². The van der Waals surface area contributed by atoms with Gasteiger partial charge in [0.2, 0.25) is 0 Å². The molecule has 0 fully saturated rings. The lowest BCUT2D eigenvalue weighted by Crippen LogP contribution is -2.40. The van der Waals surface area contributed by atoms with Gasteiger partial charge in [-0.1, -0.05) is 195 Å². The highest BCUT2D eigenvalue weighted by Gasteiger charge is 2.35. The first-order chi connectivity index (χ1) is 22.8. The summed E-state index contributed by atoms with van der Waals surface area (Å²) in [5.74, 6) is 0.454.